The second-order valence-electron chi connectivity index (χ2n) is 5.71. The van der Waals surface area contributed by atoms with Gasteiger partial charge >= 0.3 is 17.8 Å². The molecular formula is C19H20N4O4. The molecule has 27 heavy (non-hydrogen) atoms. The molecule has 140 valence electrons. The highest BCUT2D eigenvalue weighted by Gasteiger charge is 2.13. The molecule has 8 nitrogen and oxygen atoms in total. The maximum atomic E-state index is 11.9. The number of ether oxygens (including phenoxy) is 1. The summed E-state index contributed by atoms with van der Waals surface area (Å²) in [5.41, 5.74) is 4.68. The molecule has 0 unspecified atom stereocenters. The van der Waals surface area contributed by atoms with Gasteiger partial charge in [-0.1, -0.05) is 12.1 Å². The number of amides is 2. The quantitative estimate of drug-likeness (QED) is 0.362. The number of carbonyl (C=O) groups excluding carboxylic acids is 3. The topological polar surface area (TPSA) is 100 Å². The Morgan fingerprint density at radius 1 is 0.963 bits per heavy atom. The number of hydrogen-bond acceptors (Lipinski definition) is 6. The minimum absolute atomic E-state index is 0.338. The fourth-order valence-electron chi connectivity index (χ4n) is 2.07. The smallest absolute Gasteiger partial charge is 0.337 e. The van der Waals surface area contributed by atoms with Gasteiger partial charge in [-0.15, -0.1) is 0 Å². The molecule has 0 radical (unpaired) electrons. The molecule has 0 spiro atoms. The lowest BCUT2D eigenvalue weighted by Gasteiger charge is -2.11. The molecule has 2 aromatic rings. The van der Waals surface area contributed by atoms with Gasteiger partial charge in [0.1, 0.15) is 0 Å². The highest BCUT2D eigenvalue weighted by Crippen LogP contribution is 2.11. The second-order valence-corrected chi connectivity index (χ2v) is 5.71. The molecule has 2 aromatic carbocycles. The lowest BCUT2D eigenvalue weighted by molar-refractivity contribution is -0.136. The van der Waals surface area contributed by atoms with Crippen molar-refractivity contribution in [3.05, 3.63) is 59.7 Å². The first kappa shape index (κ1) is 19.6. The van der Waals surface area contributed by atoms with E-state index in [1.807, 2.05) is 43.3 Å². The molecule has 0 heterocycles. The Kier molecular flexibility index (Phi) is 6.65. The van der Waals surface area contributed by atoms with Crippen LogP contribution in [-0.2, 0) is 14.3 Å². The molecule has 2 amide bonds. The van der Waals surface area contributed by atoms with Crippen molar-refractivity contribution in [1.29, 1.82) is 0 Å². The summed E-state index contributed by atoms with van der Waals surface area (Å²) in [7, 11) is 5.15. The van der Waals surface area contributed by atoms with Gasteiger partial charge in [-0.25, -0.2) is 10.2 Å². The first-order valence-corrected chi connectivity index (χ1v) is 8.01. The number of hydrogen-bond donors (Lipinski definition) is 2. The molecule has 0 atom stereocenters. The Bertz CT molecular complexity index is 843. The second kappa shape index (κ2) is 9.14. The Hall–Kier alpha value is -3.68. The van der Waals surface area contributed by atoms with Crippen molar-refractivity contribution >= 4 is 35.4 Å². The number of anilines is 2. The summed E-state index contributed by atoms with van der Waals surface area (Å²) >= 11 is 0. The minimum atomic E-state index is -0.909. The van der Waals surface area contributed by atoms with Crippen molar-refractivity contribution in [3.63, 3.8) is 0 Å². The molecule has 0 fully saturated rings. The first-order valence-electron chi connectivity index (χ1n) is 8.01. The number of rotatable bonds is 5. The standard InChI is InChI=1S/C19H20N4O4/c1-23(2)16-10-4-13(5-11-16)12-20-22-18(25)17(24)21-15-8-6-14(7-9-15)19(26)27-3/h4-12H,1-3H3,(H,21,24)(H,22,25)/b20-12+. The van der Waals surface area contributed by atoms with Gasteiger partial charge < -0.3 is 15.0 Å². The summed E-state index contributed by atoms with van der Waals surface area (Å²) in [5.74, 6) is -2.27. The number of esters is 1. The first-order chi connectivity index (χ1) is 12.9. The highest BCUT2D eigenvalue weighted by molar-refractivity contribution is 6.39. The molecule has 0 saturated heterocycles. The third-order valence-electron chi connectivity index (χ3n) is 3.56. The fourth-order valence-corrected chi connectivity index (χ4v) is 2.07. The molecule has 8 heteroatoms. The van der Waals surface area contributed by atoms with E-state index < -0.39 is 17.8 Å². The van der Waals surface area contributed by atoms with Gasteiger partial charge in [0.2, 0.25) is 0 Å². The van der Waals surface area contributed by atoms with Crippen molar-refractivity contribution in [2.75, 3.05) is 31.4 Å². The molecule has 2 N–H and O–H groups in total. The monoisotopic (exact) mass is 368 g/mol. The van der Waals surface area contributed by atoms with Gasteiger partial charge in [0, 0.05) is 25.5 Å². The predicted molar refractivity (Wildman–Crippen MR) is 103 cm³/mol. The summed E-state index contributed by atoms with van der Waals surface area (Å²) in [6, 6.07) is 13.5. The number of methoxy groups -OCH3 is 1. The minimum Gasteiger partial charge on any atom is -0.465 e. The largest absolute Gasteiger partial charge is 0.465 e. The SMILES string of the molecule is COC(=O)c1ccc(NC(=O)C(=O)N/N=C/c2ccc(N(C)C)cc2)cc1. The summed E-state index contributed by atoms with van der Waals surface area (Å²) in [5, 5.41) is 6.18. The fraction of sp³-hybridized carbons (Fsp3) is 0.158. The highest BCUT2D eigenvalue weighted by atomic mass is 16.5. The zero-order chi connectivity index (χ0) is 19.8. The average molecular weight is 368 g/mol. The van der Waals surface area contributed by atoms with Crippen molar-refractivity contribution in [3.8, 4) is 0 Å². The summed E-state index contributed by atoms with van der Waals surface area (Å²) in [6.45, 7) is 0. The van der Waals surface area contributed by atoms with Crippen LogP contribution in [0, 0.1) is 0 Å². The van der Waals surface area contributed by atoms with Gasteiger partial charge in [-0.05, 0) is 42.0 Å². The zero-order valence-corrected chi connectivity index (χ0v) is 15.2. The average Bonchev–Trinajstić information content (AvgIpc) is 2.68. The van der Waals surface area contributed by atoms with Crippen LogP contribution in [0.25, 0.3) is 0 Å². The number of carbonyl (C=O) groups is 3. The Morgan fingerprint density at radius 3 is 2.15 bits per heavy atom. The molecular weight excluding hydrogens is 348 g/mol. The molecule has 0 aliphatic heterocycles. The Labute approximate surface area is 156 Å². The van der Waals surface area contributed by atoms with E-state index >= 15 is 0 Å². The van der Waals surface area contributed by atoms with Crippen molar-refractivity contribution < 1.29 is 19.1 Å². The normalized spacial score (nSPS) is 10.3. The number of nitrogens with zero attached hydrogens (tertiary/aromatic N) is 2. The summed E-state index contributed by atoms with van der Waals surface area (Å²) in [4.78, 5) is 37.0. The maximum Gasteiger partial charge on any atom is 0.337 e. The van der Waals surface area contributed by atoms with Crippen LogP contribution in [0.15, 0.2) is 53.6 Å². The van der Waals surface area contributed by atoms with Gasteiger partial charge in [-0.2, -0.15) is 5.10 Å². The molecule has 0 aliphatic carbocycles. The third kappa shape index (κ3) is 5.67. The van der Waals surface area contributed by atoms with Crippen molar-refractivity contribution in [2.24, 2.45) is 5.10 Å². The third-order valence-corrected chi connectivity index (χ3v) is 3.56. The van der Waals surface area contributed by atoms with Crippen LogP contribution >= 0.6 is 0 Å². The van der Waals surface area contributed by atoms with Crippen LogP contribution in [0.1, 0.15) is 15.9 Å². The van der Waals surface area contributed by atoms with Crippen LogP contribution in [0.2, 0.25) is 0 Å². The van der Waals surface area contributed by atoms with Gasteiger partial charge in [0.15, 0.2) is 0 Å². The zero-order valence-electron chi connectivity index (χ0n) is 15.2. The summed E-state index contributed by atoms with van der Waals surface area (Å²) in [6.07, 6.45) is 1.44. The van der Waals surface area contributed by atoms with E-state index in [0.717, 1.165) is 11.3 Å². The maximum absolute atomic E-state index is 11.9. The van der Waals surface area contributed by atoms with Gasteiger partial charge in [0.05, 0.1) is 18.9 Å². The molecule has 0 bridgehead atoms. The van der Waals surface area contributed by atoms with Crippen molar-refractivity contribution in [1.82, 2.24) is 5.43 Å². The number of hydrazone groups is 1. The Balaban J connectivity index is 1.88. The van der Waals surface area contributed by atoms with Crippen LogP contribution in [0.5, 0.6) is 0 Å². The van der Waals surface area contributed by atoms with E-state index in [9.17, 15) is 14.4 Å². The predicted octanol–water partition coefficient (Wildman–Crippen LogP) is 1.63. The van der Waals surface area contributed by atoms with Crippen LogP contribution < -0.4 is 15.6 Å². The van der Waals surface area contributed by atoms with E-state index in [-0.39, 0.29) is 0 Å². The van der Waals surface area contributed by atoms with Gasteiger partial charge in [-0.3, -0.25) is 9.59 Å². The van der Waals surface area contributed by atoms with E-state index in [1.165, 1.54) is 37.6 Å². The van der Waals surface area contributed by atoms with E-state index in [4.69, 9.17) is 0 Å². The lowest BCUT2D eigenvalue weighted by Crippen LogP contribution is -2.32. The summed E-state index contributed by atoms with van der Waals surface area (Å²) < 4.78 is 4.59. The molecule has 0 saturated carbocycles. The van der Waals surface area contributed by atoms with E-state index in [0.29, 0.717) is 11.3 Å². The molecule has 0 aliphatic rings. The van der Waals surface area contributed by atoms with Crippen LogP contribution in [-0.4, -0.2) is 45.2 Å². The van der Waals surface area contributed by atoms with Crippen molar-refractivity contribution in [2.45, 2.75) is 0 Å². The molecule has 2 rings (SSSR count). The molecule has 0 aromatic heterocycles. The number of benzene rings is 2. The van der Waals surface area contributed by atoms with Crippen LogP contribution in [0.4, 0.5) is 11.4 Å². The van der Waals surface area contributed by atoms with Gasteiger partial charge in [0.25, 0.3) is 0 Å². The Morgan fingerprint density at radius 2 is 1.59 bits per heavy atom. The lowest BCUT2D eigenvalue weighted by atomic mass is 10.2. The van der Waals surface area contributed by atoms with E-state index in [2.05, 4.69) is 20.6 Å². The van der Waals surface area contributed by atoms with Crippen LogP contribution in [0.3, 0.4) is 0 Å². The number of nitrogens with one attached hydrogen (secondary N) is 2. The van der Waals surface area contributed by atoms with E-state index in [1.54, 1.807) is 0 Å².